The van der Waals surface area contributed by atoms with Crippen molar-refractivity contribution in [3.05, 3.63) is 48.0 Å². The summed E-state index contributed by atoms with van der Waals surface area (Å²) in [5.74, 6) is 0.484. The zero-order valence-electron chi connectivity index (χ0n) is 14.6. The maximum absolute atomic E-state index is 6.52. The van der Waals surface area contributed by atoms with Gasteiger partial charge in [0.2, 0.25) is 0 Å². The lowest BCUT2D eigenvalue weighted by atomic mass is 9.75. The fraction of sp³-hybridized carbons (Fsp3) is 0.524. The molecule has 0 aliphatic carbocycles. The molecule has 4 rings (SSSR count). The lowest BCUT2D eigenvalue weighted by molar-refractivity contribution is -0.0955. The van der Waals surface area contributed by atoms with Crippen molar-refractivity contribution < 1.29 is 9.47 Å². The van der Waals surface area contributed by atoms with Gasteiger partial charge in [-0.2, -0.15) is 0 Å². The van der Waals surface area contributed by atoms with E-state index in [2.05, 4.69) is 79.2 Å². The van der Waals surface area contributed by atoms with E-state index in [1.54, 1.807) is 0 Å². The van der Waals surface area contributed by atoms with Gasteiger partial charge in [0, 0.05) is 11.2 Å². The van der Waals surface area contributed by atoms with Gasteiger partial charge in [0.1, 0.15) is 0 Å². The van der Waals surface area contributed by atoms with Crippen molar-refractivity contribution >= 4 is 26.7 Å². The number of benzene rings is 2. The molecule has 4 atom stereocenters. The van der Waals surface area contributed by atoms with E-state index in [0.29, 0.717) is 17.4 Å². The first-order valence-corrected chi connectivity index (χ1v) is 9.78. The average molecular weight is 389 g/mol. The van der Waals surface area contributed by atoms with Crippen LogP contribution in [0.15, 0.2) is 42.5 Å². The molecule has 0 radical (unpaired) electrons. The topological polar surface area (TPSA) is 18.5 Å². The van der Waals surface area contributed by atoms with Gasteiger partial charge < -0.3 is 9.47 Å². The molecule has 2 fully saturated rings. The van der Waals surface area contributed by atoms with Crippen LogP contribution in [-0.2, 0) is 16.1 Å². The molecule has 3 heteroatoms. The van der Waals surface area contributed by atoms with Crippen LogP contribution in [0.25, 0.3) is 10.8 Å². The monoisotopic (exact) mass is 388 g/mol. The van der Waals surface area contributed by atoms with Crippen LogP contribution >= 0.6 is 15.9 Å². The summed E-state index contributed by atoms with van der Waals surface area (Å²) >= 11 is 3.86. The molecule has 2 saturated heterocycles. The van der Waals surface area contributed by atoms with E-state index in [1.165, 1.54) is 16.3 Å². The maximum atomic E-state index is 6.52. The minimum absolute atomic E-state index is 0.0806. The molecule has 0 aromatic heterocycles. The molecule has 2 aliphatic heterocycles. The fourth-order valence-corrected chi connectivity index (χ4v) is 5.87. The Bertz CT molecular complexity index is 758. The van der Waals surface area contributed by atoms with Crippen LogP contribution in [0.4, 0.5) is 0 Å². The van der Waals surface area contributed by atoms with Crippen LogP contribution in [0.2, 0.25) is 0 Å². The van der Waals surface area contributed by atoms with E-state index in [1.807, 2.05) is 0 Å². The first kappa shape index (κ1) is 16.6. The number of hydrogen-bond donors (Lipinski definition) is 0. The van der Waals surface area contributed by atoms with Crippen molar-refractivity contribution in [3.63, 3.8) is 0 Å². The van der Waals surface area contributed by atoms with E-state index in [-0.39, 0.29) is 17.3 Å². The highest BCUT2D eigenvalue weighted by atomic mass is 79.9. The Hall–Kier alpha value is -0.900. The van der Waals surface area contributed by atoms with E-state index in [0.717, 1.165) is 12.8 Å². The van der Waals surface area contributed by atoms with Gasteiger partial charge in [-0.1, -0.05) is 66.2 Å². The lowest BCUT2D eigenvalue weighted by Crippen LogP contribution is -2.44. The summed E-state index contributed by atoms with van der Waals surface area (Å²) in [5, 5.41) is 2.55. The maximum Gasteiger partial charge on any atom is 0.0936 e. The Balaban J connectivity index is 1.50. The summed E-state index contributed by atoms with van der Waals surface area (Å²) in [7, 11) is 0. The quantitative estimate of drug-likeness (QED) is 0.646. The zero-order chi connectivity index (χ0) is 16.9. The summed E-state index contributed by atoms with van der Waals surface area (Å²) in [6.07, 6.45) is 2.17. The Labute approximate surface area is 152 Å². The van der Waals surface area contributed by atoms with Crippen molar-refractivity contribution in [1.82, 2.24) is 0 Å². The Morgan fingerprint density at radius 1 is 1.17 bits per heavy atom. The van der Waals surface area contributed by atoms with Gasteiger partial charge in [0.25, 0.3) is 0 Å². The highest BCUT2D eigenvalue weighted by molar-refractivity contribution is 9.09. The summed E-state index contributed by atoms with van der Waals surface area (Å²) in [6, 6.07) is 15.0. The standard InChI is InChI=1S/C21H25BrO2/c1-14(2)21-12-19(20(3,24-21)11-18(21)22)23-13-15-8-9-16-6-4-5-7-17(16)10-15/h4-10,14,18-19H,11-13H2,1-3H3/t18-,19+,20-,21+/m0/s1. The predicted molar refractivity (Wildman–Crippen MR) is 102 cm³/mol. The van der Waals surface area contributed by atoms with Gasteiger partial charge >= 0.3 is 0 Å². The van der Waals surface area contributed by atoms with E-state index in [9.17, 15) is 0 Å². The smallest absolute Gasteiger partial charge is 0.0936 e. The summed E-state index contributed by atoms with van der Waals surface area (Å²) in [4.78, 5) is 0.426. The zero-order valence-corrected chi connectivity index (χ0v) is 16.2. The van der Waals surface area contributed by atoms with Crippen LogP contribution in [0.1, 0.15) is 39.2 Å². The molecule has 0 spiro atoms. The molecule has 2 aliphatic rings. The van der Waals surface area contributed by atoms with Crippen LogP contribution in [0, 0.1) is 5.92 Å². The third-order valence-electron chi connectivity index (χ3n) is 5.97. The van der Waals surface area contributed by atoms with Crippen molar-refractivity contribution in [2.45, 2.75) is 62.4 Å². The highest BCUT2D eigenvalue weighted by Gasteiger charge is 2.65. The van der Waals surface area contributed by atoms with E-state index >= 15 is 0 Å². The molecule has 0 amide bonds. The molecule has 0 N–H and O–H groups in total. The van der Waals surface area contributed by atoms with Crippen LogP contribution in [0.3, 0.4) is 0 Å². The largest absolute Gasteiger partial charge is 0.370 e. The third kappa shape index (κ3) is 2.53. The van der Waals surface area contributed by atoms with Crippen molar-refractivity contribution in [3.8, 4) is 0 Å². The fourth-order valence-electron chi connectivity index (χ4n) is 4.42. The number of ether oxygens (including phenoxy) is 2. The number of hydrogen-bond acceptors (Lipinski definition) is 2. The molecule has 2 heterocycles. The summed E-state index contributed by atoms with van der Waals surface area (Å²) in [5.41, 5.74) is 0.979. The molecule has 2 nitrogen and oxygen atoms in total. The van der Waals surface area contributed by atoms with Gasteiger partial charge in [-0.25, -0.2) is 0 Å². The number of alkyl halides is 1. The molecule has 2 bridgehead atoms. The lowest BCUT2D eigenvalue weighted by Gasteiger charge is -2.35. The second-order valence-electron chi connectivity index (χ2n) is 7.88. The van der Waals surface area contributed by atoms with Crippen molar-refractivity contribution in [2.24, 2.45) is 5.92 Å². The number of fused-ring (bicyclic) bond motifs is 3. The summed E-state index contributed by atoms with van der Waals surface area (Å²) < 4.78 is 12.9. The third-order valence-corrected chi connectivity index (χ3v) is 7.06. The molecule has 2 aromatic rings. The number of rotatable bonds is 4. The Morgan fingerprint density at radius 2 is 1.92 bits per heavy atom. The molecule has 0 saturated carbocycles. The van der Waals surface area contributed by atoms with E-state index in [4.69, 9.17) is 9.47 Å². The SMILES string of the molecule is CC(C)[C@]12C[C@@H](OCc3ccc4ccccc4c3)[C@](C)(C[C@@H]1Br)O2. The van der Waals surface area contributed by atoms with Gasteiger partial charge in [-0.05, 0) is 41.7 Å². The number of halogens is 1. The minimum atomic E-state index is -0.171. The molecular weight excluding hydrogens is 364 g/mol. The second kappa shape index (κ2) is 5.82. The second-order valence-corrected chi connectivity index (χ2v) is 8.99. The highest BCUT2D eigenvalue weighted by Crippen LogP contribution is 2.57. The normalized spacial score (nSPS) is 35.2. The van der Waals surface area contributed by atoms with Gasteiger partial charge in [0.15, 0.2) is 0 Å². The van der Waals surface area contributed by atoms with Crippen molar-refractivity contribution in [2.75, 3.05) is 0 Å². The predicted octanol–water partition coefficient (Wildman–Crippen LogP) is 5.47. The summed E-state index contributed by atoms with van der Waals surface area (Å²) in [6.45, 7) is 7.37. The average Bonchev–Trinajstić information content (AvgIpc) is 3.00. The van der Waals surface area contributed by atoms with Crippen LogP contribution in [-0.4, -0.2) is 22.1 Å². The van der Waals surface area contributed by atoms with Crippen LogP contribution < -0.4 is 0 Å². The Kier molecular flexibility index (Phi) is 4.02. The van der Waals surface area contributed by atoms with Gasteiger partial charge in [-0.15, -0.1) is 0 Å². The van der Waals surface area contributed by atoms with Crippen LogP contribution in [0.5, 0.6) is 0 Å². The van der Waals surface area contributed by atoms with Gasteiger partial charge in [0.05, 0.1) is 23.9 Å². The minimum Gasteiger partial charge on any atom is -0.370 e. The Morgan fingerprint density at radius 3 is 2.62 bits per heavy atom. The van der Waals surface area contributed by atoms with E-state index < -0.39 is 0 Å². The van der Waals surface area contributed by atoms with Crippen molar-refractivity contribution in [1.29, 1.82) is 0 Å². The molecule has 0 unspecified atom stereocenters. The first-order valence-electron chi connectivity index (χ1n) is 8.86. The molecule has 128 valence electrons. The molecule has 2 aromatic carbocycles. The molecular formula is C21H25BrO2. The molecule has 24 heavy (non-hydrogen) atoms. The first-order chi connectivity index (χ1) is 11.4. The van der Waals surface area contributed by atoms with Gasteiger partial charge in [-0.3, -0.25) is 0 Å².